The van der Waals surface area contributed by atoms with Crippen LogP contribution in [0.2, 0.25) is 0 Å². The number of imidazole rings is 1. The number of nitrogens with one attached hydrogen (secondary N) is 1. The molecule has 3 aromatic rings. The zero-order chi connectivity index (χ0) is 14.3. The predicted molar refractivity (Wildman–Crippen MR) is 77.3 cm³/mol. The quantitative estimate of drug-likeness (QED) is 0.685. The van der Waals surface area contributed by atoms with Crippen LogP contribution in [0.4, 0.5) is 8.78 Å². The molecule has 0 spiro atoms. The van der Waals surface area contributed by atoms with Crippen LogP contribution in [0.1, 0.15) is 18.5 Å². The lowest BCUT2D eigenvalue weighted by Gasteiger charge is -2.15. The van der Waals surface area contributed by atoms with Gasteiger partial charge in [-0.25, -0.2) is 8.78 Å². The molecule has 102 valence electrons. The van der Waals surface area contributed by atoms with Crippen molar-refractivity contribution in [1.29, 1.82) is 0 Å². The molecule has 0 saturated heterocycles. The number of aromatic amines is 1. The maximum absolute atomic E-state index is 13.9. The lowest BCUT2D eigenvalue weighted by atomic mass is 10.1. The van der Waals surface area contributed by atoms with Crippen molar-refractivity contribution < 1.29 is 8.78 Å². The summed E-state index contributed by atoms with van der Waals surface area (Å²) in [7, 11) is 0. The minimum Gasteiger partial charge on any atom is -0.328 e. The third-order valence-electron chi connectivity index (χ3n) is 3.44. The Labute approximate surface area is 119 Å². The number of H-pyrrole nitrogens is 1. The highest BCUT2D eigenvalue weighted by molar-refractivity contribution is 7.71. The average molecular weight is 290 g/mol. The molecule has 3 rings (SSSR count). The van der Waals surface area contributed by atoms with Gasteiger partial charge in [0.25, 0.3) is 0 Å². The summed E-state index contributed by atoms with van der Waals surface area (Å²) in [5.41, 5.74) is 1.50. The first-order chi connectivity index (χ1) is 9.59. The van der Waals surface area contributed by atoms with E-state index in [1.165, 1.54) is 12.1 Å². The highest BCUT2D eigenvalue weighted by Gasteiger charge is 2.17. The molecule has 0 aliphatic rings. The van der Waals surface area contributed by atoms with Gasteiger partial charge in [0.15, 0.2) is 4.77 Å². The van der Waals surface area contributed by atoms with Gasteiger partial charge in [0.1, 0.15) is 17.2 Å². The first-order valence-corrected chi connectivity index (χ1v) is 6.63. The third-order valence-corrected chi connectivity index (χ3v) is 3.74. The SMILES string of the molecule is CC(c1ccccc1F)n1c(=S)[nH]c2c(F)cccc21. The molecule has 20 heavy (non-hydrogen) atoms. The molecule has 0 aliphatic heterocycles. The average Bonchev–Trinajstić information content (AvgIpc) is 2.76. The fraction of sp³-hybridized carbons (Fsp3) is 0.133. The molecule has 0 saturated carbocycles. The van der Waals surface area contributed by atoms with Gasteiger partial charge in [-0.3, -0.25) is 0 Å². The molecule has 1 N–H and O–H groups in total. The van der Waals surface area contributed by atoms with Crippen molar-refractivity contribution in [2.45, 2.75) is 13.0 Å². The smallest absolute Gasteiger partial charge is 0.178 e. The summed E-state index contributed by atoms with van der Waals surface area (Å²) in [6.07, 6.45) is 0. The Hall–Kier alpha value is -2.01. The van der Waals surface area contributed by atoms with E-state index < -0.39 is 0 Å². The van der Waals surface area contributed by atoms with Crippen molar-refractivity contribution in [2.24, 2.45) is 0 Å². The number of nitrogens with zero attached hydrogens (tertiary/aromatic N) is 1. The molecule has 0 aliphatic carbocycles. The second-order valence-corrected chi connectivity index (χ2v) is 5.02. The van der Waals surface area contributed by atoms with Crippen LogP contribution < -0.4 is 0 Å². The van der Waals surface area contributed by atoms with Crippen molar-refractivity contribution in [1.82, 2.24) is 9.55 Å². The Morgan fingerprint density at radius 2 is 1.75 bits per heavy atom. The predicted octanol–water partition coefficient (Wildman–Crippen LogP) is 4.59. The number of halogens is 2. The Morgan fingerprint density at radius 3 is 2.50 bits per heavy atom. The molecule has 2 aromatic carbocycles. The van der Waals surface area contributed by atoms with Crippen LogP contribution in [-0.2, 0) is 0 Å². The van der Waals surface area contributed by atoms with Gasteiger partial charge in [0.05, 0.1) is 11.6 Å². The van der Waals surface area contributed by atoms with E-state index in [1.54, 1.807) is 34.9 Å². The molecule has 0 bridgehead atoms. The lowest BCUT2D eigenvalue weighted by molar-refractivity contribution is 0.561. The minimum absolute atomic E-state index is 0.298. The maximum atomic E-state index is 13.9. The Morgan fingerprint density at radius 1 is 1.05 bits per heavy atom. The van der Waals surface area contributed by atoms with E-state index in [0.717, 1.165) is 0 Å². The number of hydrogen-bond donors (Lipinski definition) is 1. The largest absolute Gasteiger partial charge is 0.328 e. The van der Waals surface area contributed by atoms with E-state index in [9.17, 15) is 8.78 Å². The van der Waals surface area contributed by atoms with Crippen molar-refractivity contribution in [3.05, 3.63) is 64.4 Å². The summed E-state index contributed by atoms with van der Waals surface area (Å²) < 4.78 is 29.8. The van der Waals surface area contributed by atoms with E-state index >= 15 is 0 Å². The van der Waals surface area contributed by atoms with E-state index in [4.69, 9.17) is 12.2 Å². The van der Waals surface area contributed by atoms with Crippen LogP contribution in [-0.4, -0.2) is 9.55 Å². The van der Waals surface area contributed by atoms with Gasteiger partial charge in [0, 0.05) is 5.56 Å². The van der Waals surface area contributed by atoms with Crippen molar-refractivity contribution >= 4 is 23.3 Å². The Kier molecular flexibility index (Phi) is 3.14. The normalized spacial score (nSPS) is 12.8. The molecule has 5 heteroatoms. The van der Waals surface area contributed by atoms with Gasteiger partial charge in [-0.2, -0.15) is 0 Å². The lowest BCUT2D eigenvalue weighted by Crippen LogP contribution is -2.08. The van der Waals surface area contributed by atoms with E-state index in [2.05, 4.69) is 4.98 Å². The molecule has 1 aromatic heterocycles. The van der Waals surface area contributed by atoms with E-state index in [1.807, 2.05) is 6.92 Å². The maximum Gasteiger partial charge on any atom is 0.178 e. The molecule has 1 atom stereocenters. The first kappa shape index (κ1) is 13.0. The monoisotopic (exact) mass is 290 g/mol. The standard InChI is InChI=1S/C15H12F2N2S/c1-9(10-5-2-3-6-11(10)16)19-13-8-4-7-12(17)14(13)18-15(19)20/h2-9H,1H3,(H,18,20). The van der Waals surface area contributed by atoms with Crippen LogP contribution in [0.15, 0.2) is 42.5 Å². The fourth-order valence-electron chi connectivity index (χ4n) is 2.45. The summed E-state index contributed by atoms with van der Waals surface area (Å²) in [5.74, 6) is -0.666. The summed E-state index contributed by atoms with van der Waals surface area (Å²) in [4.78, 5) is 2.85. The second-order valence-electron chi connectivity index (χ2n) is 4.63. The molecular formula is C15H12F2N2S. The number of aromatic nitrogens is 2. The minimum atomic E-state index is -0.368. The Balaban J connectivity index is 2.25. The van der Waals surface area contributed by atoms with Crippen molar-refractivity contribution in [3.63, 3.8) is 0 Å². The Bertz CT molecular complexity index is 835. The van der Waals surface area contributed by atoms with Crippen LogP contribution in [0.5, 0.6) is 0 Å². The van der Waals surface area contributed by atoms with Gasteiger partial charge in [0.2, 0.25) is 0 Å². The van der Waals surface area contributed by atoms with Crippen molar-refractivity contribution in [3.8, 4) is 0 Å². The van der Waals surface area contributed by atoms with E-state index in [-0.39, 0.29) is 17.7 Å². The molecule has 0 radical (unpaired) electrons. The van der Waals surface area contributed by atoms with Gasteiger partial charge < -0.3 is 9.55 Å². The topological polar surface area (TPSA) is 20.7 Å². The number of para-hydroxylation sites is 1. The second kappa shape index (κ2) is 4.83. The van der Waals surface area contributed by atoms with Crippen LogP contribution in [0, 0.1) is 16.4 Å². The molecular weight excluding hydrogens is 278 g/mol. The summed E-state index contributed by atoms with van der Waals surface area (Å²) in [6.45, 7) is 1.84. The number of benzene rings is 2. The molecule has 0 amide bonds. The summed E-state index contributed by atoms with van der Waals surface area (Å²) in [6, 6.07) is 11.0. The third kappa shape index (κ3) is 1.94. The fourth-order valence-corrected chi connectivity index (χ4v) is 2.81. The van der Waals surface area contributed by atoms with Crippen LogP contribution >= 0.6 is 12.2 Å². The van der Waals surface area contributed by atoms with Gasteiger partial charge in [-0.1, -0.05) is 24.3 Å². The van der Waals surface area contributed by atoms with Gasteiger partial charge in [-0.15, -0.1) is 0 Å². The highest BCUT2D eigenvalue weighted by atomic mass is 32.1. The van der Waals surface area contributed by atoms with Crippen LogP contribution in [0.3, 0.4) is 0 Å². The molecule has 1 heterocycles. The van der Waals surface area contributed by atoms with Gasteiger partial charge in [-0.05, 0) is 37.3 Å². The van der Waals surface area contributed by atoms with E-state index in [0.29, 0.717) is 21.4 Å². The van der Waals surface area contributed by atoms with Gasteiger partial charge >= 0.3 is 0 Å². The molecule has 1 unspecified atom stereocenters. The summed E-state index contributed by atoms with van der Waals surface area (Å²) >= 11 is 5.25. The van der Waals surface area contributed by atoms with Crippen molar-refractivity contribution in [2.75, 3.05) is 0 Å². The zero-order valence-corrected chi connectivity index (χ0v) is 11.5. The number of hydrogen-bond acceptors (Lipinski definition) is 1. The molecule has 2 nitrogen and oxygen atoms in total. The first-order valence-electron chi connectivity index (χ1n) is 6.22. The molecule has 0 fully saturated rings. The number of rotatable bonds is 2. The zero-order valence-electron chi connectivity index (χ0n) is 10.7. The summed E-state index contributed by atoms with van der Waals surface area (Å²) in [5, 5.41) is 0. The number of fused-ring (bicyclic) bond motifs is 1. The highest BCUT2D eigenvalue weighted by Crippen LogP contribution is 2.26. The van der Waals surface area contributed by atoms with Crippen LogP contribution in [0.25, 0.3) is 11.0 Å².